The van der Waals surface area contributed by atoms with Crippen LogP contribution in [0.4, 0.5) is 0 Å². The van der Waals surface area contributed by atoms with E-state index in [0.717, 1.165) is 25.7 Å². The molecule has 6 nitrogen and oxygen atoms in total. The van der Waals surface area contributed by atoms with Gasteiger partial charge in [-0.25, -0.2) is 0 Å². The van der Waals surface area contributed by atoms with Gasteiger partial charge in [0.2, 0.25) is 0 Å². The molecule has 0 aliphatic heterocycles. The molecule has 0 radical (unpaired) electrons. The molecule has 1 aromatic carbocycles. The predicted octanol–water partition coefficient (Wildman–Crippen LogP) is 2.80. The second-order valence-corrected chi connectivity index (χ2v) is 6.02. The van der Waals surface area contributed by atoms with Crippen LogP contribution in [0.2, 0.25) is 0 Å². The quantitative estimate of drug-likeness (QED) is 0.642. The number of esters is 1. The van der Waals surface area contributed by atoms with Crippen LogP contribution in [-0.2, 0) is 14.3 Å². The van der Waals surface area contributed by atoms with Crippen LogP contribution in [0.25, 0.3) is 0 Å². The average Bonchev–Trinajstić information content (AvgIpc) is 3.15. The number of amides is 1. The molecule has 25 heavy (non-hydrogen) atoms. The average molecular weight is 349 g/mol. The summed E-state index contributed by atoms with van der Waals surface area (Å²) in [5, 5.41) is 0. The van der Waals surface area contributed by atoms with Crippen molar-refractivity contribution in [1.82, 2.24) is 4.90 Å². The third-order valence-corrected chi connectivity index (χ3v) is 4.37. The zero-order valence-electron chi connectivity index (χ0n) is 15.0. The lowest BCUT2D eigenvalue weighted by molar-refractivity contribution is -0.144. The van der Waals surface area contributed by atoms with Crippen molar-refractivity contribution >= 4 is 11.9 Å². The Labute approximate surface area is 149 Å². The van der Waals surface area contributed by atoms with Crippen LogP contribution in [-0.4, -0.2) is 49.7 Å². The van der Waals surface area contributed by atoms with Gasteiger partial charge in [0, 0.05) is 12.6 Å². The van der Waals surface area contributed by atoms with Gasteiger partial charge in [0.15, 0.2) is 18.1 Å². The Balaban J connectivity index is 1.95. The van der Waals surface area contributed by atoms with Crippen LogP contribution in [0.1, 0.15) is 39.0 Å². The minimum Gasteiger partial charge on any atom is -0.493 e. The molecule has 1 fully saturated rings. The molecule has 0 saturated heterocycles. The van der Waals surface area contributed by atoms with Gasteiger partial charge in [-0.05, 0) is 31.9 Å². The Morgan fingerprint density at radius 1 is 1.16 bits per heavy atom. The molecular formula is C19H27NO5. The van der Waals surface area contributed by atoms with E-state index in [1.165, 1.54) is 0 Å². The number of hydrogen-bond acceptors (Lipinski definition) is 5. The molecule has 1 aromatic rings. The fourth-order valence-electron chi connectivity index (χ4n) is 3.13. The molecule has 0 N–H and O–H groups in total. The van der Waals surface area contributed by atoms with Gasteiger partial charge in [-0.3, -0.25) is 9.59 Å². The standard InChI is InChI=1S/C19H27NO5/c1-3-24-19(22)12-13-20(15-8-4-5-9-15)18(21)14-25-17-11-7-6-10-16(17)23-2/h6-7,10-11,15H,3-5,8-9,12-14H2,1-2H3. The van der Waals surface area contributed by atoms with Gasteiger partial charge >= 0.3 is 5.97 Å². The first-order chi connectivity index (χ1) is 12.2. The van der Waals surface area contributed by atoms with Gasteiger partial charge in [-0.15, -0.1) is 0 Å². The molecule has 1 aliphatic carbocycles. The minimum atomic E-state index is -0.274. The highest BCUT2D eigenvalue weighted by molar-refractivity contribution is 5.79. The van der Waals surface area contributed by atoms with E-state index in [4.69, 9.17) is 14.2 Å². The maximum absolute atomic E-state index is 12.7. The van der Waals surface area contributed by atoms with Crippen molar-refractivity contribution in [2.75, 3.05) is 26.9 Å². The van der Waals surface area contributed by atoms with Crippen molar-refractivity contribution < 1.29 is 23.8 Å². The first kappa shape index (κ1) is 19.1. The number of para-hydroxylation sites is 2. The first-order valence-electron chi connectivity index (χ1n) is 8.86. The highest BCUT2D eigenvalue weighted by atomic mass is 16.5. The lowest BCUT2D eigenvalue weighted by Gasteiger charge is -2.28. The van der Waals surface area contributed by atoms with E-state index in [1.54, 1.807) is 31.1 Å². The van der Waals surface area contributed by atoms with Crippen molar-refractivity contribution in [3.8, 4) is 11.5 Å². The van der Waals surface area contributed by atoms with E-state index >= 15 is 0 Å². The lowest BCUT2D eigenvalue weighted by atomic mass is 10.2. The number of ether oxygens (including phenoxy) is 3. The molecule has 6 heteroatoms. The van der Waals surface area contributed by atoms with Gasteiger partial charge in [0.1, 0.15) is 0 Å². The SMILES string of the molecule is CCOC(=O)CCN(C(=O)COc1ccccc1OC)C1CCCC1. The van der Waals surface area contributed by atoms with E-state index < -0.39 is 0 Å². The summed E-state index contributed by atoms with van der Waals surface area (Å²) in [6.45, 7) is 2.43. The molecule has 0 unspecified atom stereocenters. The fourth-order valence-corrected chi connectivity index (χ4v) is 3.13. The lowest BCUT2D eigenvalue weighted by Crippen LogP contribution is -2.42. The molecule has 0 heterocycles. The van der Waals surface area contributed by atoms with Gasteiger partial charge in [0.05, 0.1) is 20.1 Å². The summed E-state index contributed by atoms with van der Waals surface area (Å²) >= 11 is 0. The minimum absolute atomic E-state index is 0.0697. The van der Waals surface area contributed by atoms with Crippen molar-refractivity contribution in [3.63, 3.8) is 0 Å². The molecule has 0 bridgehead atoms. The number of rotatable bonds is 9. The molecule has 1 amide bonds. The predicted molar refractivity (Wildman–Crippen MR) is 93.7 cm³/mol. The van der Waals surface area contributed by atoms with E-state index in [2.05, 4.69) is 0 Å². The topological polar surface area (TPSA) is 65.1 Å². The van der Waals surface area contributed by atoms with E-state index in [0.29, 0.717) is 24.7 Å². The number of nitrogens with zero attached hydrogens (tertiary/aromatic N) is 1. The highest BCUT2D eigenvalue weighted by Gasteiger charge is 2.27. The summed E-state index contributed by atoms with van der Waals surface area (Å²) in [4.78, 5) is 26.1. The molecular weight excluding hydrogens is 322 g/mol. The Kier molecular flexibility index (Phi) is 7.57. The van der Waals surface area contributed by atoms with Gasteiger partial charge < -0.3 is 19.1 Å². The zero-order chi connectivity index (χ0) is 18.1. The Morgan fingerprint density at radius 2 is 1.84 bits per heavy atom. The number of carbonyl (C=O) groups is 2. The summed E-state index contributed by atoms with van der Waals surface area (Å²) in [7, 11) is 1.56. The summed E-state index contributed by atoms with van der Waals surface area (Å²) in [6.07, 6.45) is 4.39. The molecule has 0 spiro atoms. The first-order valence-corrected chi connectivity index (χ1v) is 8.86. The maximum Gasteiger partial charge on any atom is 0.307 e. The van der Waals surface area contributed by atoms with Gasteiger partial charge in [-0.1, -0.05) is 25.0 Å². The summed E-state index contributed by atoms with van der Waals surface area (Å²) in [6, 6.07) is 7.42. The number of hydrogen-bond donors (Lipinski definition) is 0. The Morgan fingerprint density at radius 3 is 2.48 bits per heavy atom. The smallest absolute Gasteiger partial charge is 0.307 e. The number of methoxy groups -OCH3 is 1. The number of carbonyl (C=O) groups excluding carboxylic acids is 2. The normalized spacial score (nSPS) is 14.2. The number of benzene rings is 1. The van der Waals surface area contributed by atoms with Crippen LogP contribution < -0.4 is 9.47 Å². The van der Waals surface area contributed by atoms with Crippen LogP contribution in [0.5, 0.6) is 11.5 Å². The van der Waals surface area contributed by atoms with E-state index in [1.807, 2.05) is 12.1 Å². The van der Waals surface area contributed by atoms with Gasteiger partial charge in [-0.2, -0.15) is 0 Å². The van der Waals surface area contributed by atoms with Crippen LogP contribution >= 0.6 is 0 Å². The van der Waals surface area contributed by atoms with E-state index in [9.17, 15) is 9.59 Å². The zero-order valence-corrected chi connectivity index (χ0v) is 15.0. The maximum atomic E-state index is 12.7. The van der Waals surface area contributed by atoms with Crippen molar-refractivity contribution in [2.45, 2.75) is 45.1 Å². The molecule has 2 rings (SSSR count). The molecule has 138 valence electrons. The van der Waals surface area contributed by atoms with Crippen LogP contribution in [0.15, 0.2) is 24.3 Å². The molecule has 1 aliphatic rings. The summed E-state index contributed by atoms with van der Waals surface area (Å²) in [5.41, 5.74) is 0. The van der Waals surface area contributed by atoms with Crippen LogP contribution in [0.3, 0.4) is 0 Å². The molecule has 0 aromatic heterocycles. The Hall–Kier alpha value is -2.24. The molecule has 0 atom stereocenters. The van der Waals surface area contributed by atoms with E-state index in [-0.39, 0.29) is 30.9 Å². The van der Waals surface area contributed by atoms with Crippen LogP contribution in [0, 0.1) is 0 Å². The highest BCUT2D eigenvalue weighted by Crippen LogP contribution is 2.27. The monoisotopic (exact) mass is 349 g/mol. The summed E-state index contributed by atoms with van der Waals surface area (Å²) < 4.78 is 15.9. The molecule has 1 saturated carbocycles. The third-order valence-electron chi connectivity index (χ3n) is 4.37. The summed E-state index contributed by atoms with van der Waals surface area (Å²) in [5.74, 6) is 0.746. The Bertz CT molecular complexity index is 569. The second-order valence-electron chi connectivity index (χ2n) is 6.02. The second kappa shape index (κ2) is 9.91. The third kappa shape index (κ3) is 5.66. The van der Waals surface area contributed by atoms with Crippen molar-refractivity contribution in [2.24, 2.45) is 0 Å². The fraction of sp³-hybridized carbons (Fsp3) is 0.579. The van der Waals surface area contributed by atoms with Crippen molar-refractivity contribution in [1.29, 1.82) is 0 Å². The largest absolute Gasteiger partial charge is 0.493 e. The van der Waals surface area contributed by atoms with Gasteiger partial charge in [0.25, 0.3) is 5.91 Å². The van der Waals surface area contributed by atoms with Crippen molar-refractivity contribution in [3.05, 3.63) is 24.3 Å².